The quantitative estimate of drug-likeness (QED) is 0.824. The fourth-order valence-corrected chi connectivity index (χ4v) is 2.47. The summed E-state index contributed by atoms with van der Waals surface area (Å²) < 4.78 is 5.58. The van der Waals surface area contributed by atoms with Gasteiger partial charge in [0.2, 0.25) is 0 Å². The van der Waals surface area contributed by atoms with E-state index in [0.717, 1.165) is 5.75 Å². The van der Waals surface area contributed by atoms with Gasteiger partial charge in [-0.1, -0.05) is 0 Å². The van der Waals surface area contributed by atoms with Crippen molar-refractivity contribution in [2.75, 3.05) is 18.4 Å². The van der Waals surface area contributed by atoms with Gasteiger partial charge in [0, 0.05) is 31.2 Å². The first-order valence-corrected chi connectivity index (χ1v) is 8.77. The number of ether oxygens (including phenoxy) is 1. The average Bonchev–Trinajstić information content (AvgIpc) is 2.64. The van der Waals surface area contributed by atoms with E-state index in [0.29, 0.717) is 29.9 Å². The lowest BCUT2D eigenvalue weighted by Gasteiger charge is -2.18. The molecule has 2 amide bonds. The Morgan fingerprint density at radius 3 is 2.27 bits per heavy atom. The van der Waals surface area contributed by atoms with E-state index in [1.165, 1.54) is 12.4 Å². The topological polar surface area (TPSA) is 71.5 Å². The number of rotatable bonds is 7. The van der Waals surface area contributed by atoms with Crippen LogP contribution < -0.4 is 10.1 Å². The number of nitrogens with zero attached hydrogens (tertiary/aromatic N) is 2. The van der Waals surface area contributed by atoms with Crippen molar-refractivity contribution in [3.63, 3.8) is 0 Å². The number of nitrogens with one attached hydrogen (secondary N) is 1. The minimum absolute atomic E-state index is 0.0904. The highest BCUT2D eigenvalue weighted by Crippen LogP contribution is 2.18. The third-order valence-electron chi connectivity index (χ3n) is 3.78. The van der Waals surface area contributed by atoms with Gasteiger partial charge in [0.15, 0.2) is 0 Å². The van der Waals surface area contributed by atoms with Gasteiger partial charge in [0.25, 0.3) is 11.8 Å². The monoisotopic (exact) mass is 355 g/mol. The van der Waals surface area contributed by atoms with Crippen LogP contribution in [0, 0.1) is 0 Å². The molecule has 0 unspecified atom stereocenters. The van der Waals surface area contributed by atoms with Crippen molar-refractivity contribution in [3.8, 4) is 5.75 Å². The van der Waals surface area contributed by atoms with Gasteiger partial charge in [-0.05, 0) is 58.0 Å². The summed E-state index contributed by atoms with van der Waals surface area (Å²) in [6, 6.07) is 8.71. The molecule has 138 valence electrons. The zero-order chi connectivity index (χ0) is 19.1. The van der Waals surface area contributed by atoms with Crippen LogP contribution in [0.1, 0.15) is 48.4 Å². The van der Waals surface area contributed by atoms with Crippen LogP contribution in [0.2, 0.25) is 0 Å². The molecule has 0 aliphatic heterocycles. The molecule has 1 heterocycles. The van der Waals surface area contributed by atoms with E-state index in [9.17, 15) is 9.59 Å². The fourth-order valence-electron chi connectivity index (χ4n) is 2.47. The molecule has 0 saturated carbocycles. The minimum Gasteiger partial charge on any atom is -0.491 e. The Hall–Kier alpha value is -2.89. The van der Waals surface area contributed by atoms with Crippen LogP contribution in [0.4, 0.5) is 5.69 Å². The Bertz CT molecular complexity index is 753. The Morgan fingerprint density at radius 2 is 1.69 bits per heavy atom. The molecule has 2 aromatic rings. The predicted molar refractivity (Wildman–Crippen MR) is 102 cm³/mol. The van der Waals surface area contributed by atoms with Gasteiger partial charge < -0.3 is 15.0 Å². The predicted octanol–water partition coefficient (Wildman–Crippen LogP) is 3.60. The van der Waals surface area contributed by atoms with E-state index in [1.54, 1.807) is 35.2 Å². The fraction of sp³-hybridized carbons (Fsp3) is 0.350. The molecule has 6 nitrogen and oxygen atoms in total. The second-order valence-electron chi connectivity index (χ2n) is 6.08. The highest BCUT2D eigenvalue weighted by Gasteiger charge is 2.15. The lowest BCUT2D eigenvalue weighted by molar-refractivity contribution is 0.0772. The number of hydrogen-bond acceptors (Lipinski definition) is 4. The van der Waals surface area contributed by atoms with Crippen molar-refractivity contribution in [1.29, 1.82) is 0 Å². The summed E-state index contributed by atoms with van der Waals surface area (Å²) in [4.78, 5) is 30.6. The molecule has 0 aliphatic carbocycles. The molecule has 6 heteroatoms. The maximum Gasteiger partial charge on any atom is 0.257 e. The van der Waals surface area contributed by atoms with Gasteiger partial charge in [-0.15, -0.1) is 0 Å². The summed E-state index contributed by atoms with van der Waals surface area (Å²) in [5.74, 6) is 0.294. The van der Waals surface area contributed by atoms with Crippen LogP contribution in [-0.2, 0) is 0 Å². The van der Waals surface area contributed by atoms with Crippen molar-refractivity contribution in [2.24, 2.45) is 0 Å². The molecule has 1 N–H and O–H groups in total. The van der Waals surface area contributed by atoms with Crippen molar-refractivity contribution in [2.45, 2.75) is 33.8 Å². The van der Waals surface area contributed by atoms with Crippen LogP contribution in [-0.4, -0.2) is 40.9 Å². The van der Waals surface area contributed by atoms with Crippen LogP contribution in [0.15, 0.2) is 42.7 Å². The van der Waals surface area contributed by atoms with Crippen molar-refractivity contribution >= 4 is 17.5 Å². The van der Waals surface area contributed by atoms with Crippen molar-refractivity contribution in [3.05, 3.63) is 53.9 Å². The van der Waals surface area contributed by atoms with E-state index in [1.807, 2.05) is 27.7 Å². The van der Waals surface area contributed by atoms with E-state index in [-0.39, 0.29) is 17.9 Å². The molecule has 1 aromatic carbocycles. The molecule has 0 bridgehead atoms. The zero-order valence-corrected chi connectivity index (χ0v) is 15.7. The molecule has 0 radical (unpaired) electrons. The first-order valence-electron chi connectivity index (χ1n) is 8.77. The largest absolute Gasteiger partial charge is 0.491 e. The summed E-state index contributed by atoms with van der Waals surface area (Å²) in [7, 11) is 0. The third-order valence-corrected chi connectivity index (χ3v) is 3.78. The van der Waals surface area contributed by atoms with Gasteiger partial charge in [-0.25, -0.2) is 0 Å². The number of carbonyl (C=O) groups is 2. The van der Waals surface area contributed by atoms with Gasteiger partial charge in [0.05, 0.1) is 17.2 Å². The standard InChI is InChI=1S/C20H25N3O3/c1-5-23(6-2)20(25)16-11-15(12-21-13-16)19(24)22-17-7-9-18(10-8-17)26-14(3)4/h7-14H,5-6H2,1-4H3,(H,22,24). The molecular formula is C20H25N3O3. The summed E-state index contributed by atoms with van der Waals surface area (Å²) in [5.41, 5.74) is 1.39. The van der Waals surface area contributed by atoms with Crippen molar-refractivity contribution in [1.82, 2.24) is 9.88 Å². The average molecular weight is 355 g/mol. The second kappa shape index (κ2) is 8.99. The Labute approximate surface area is 154 Å². The molecule has 0 saturated heterocycles. The lowest BCUT2D eigenvalue weighted by Crippen LogP contribution is -2.30. The van der Waals surface area contributed by atoms with Gasteiger partial charge in [-0.2, -0.15) is 0 Å². The number of benzene rings is 1. The molecule has 0 spiro atoms. The number of carbonyl (C=O) groups excluding carboxylic acids is 2. The van der Waals surface area contributed by atoms with Crippen LogP contribution in [0.3, 0.4) is 0 Å². The maximum absolute atomic E-state index is 12.5. The summed E-state index contributed by atoms with van der Waals surface area (Å²) in [5, 5.41) is 2.80. The number of anilines is 1. The molecule has 0 aliphatic rings. The number of hydrogen-bond donors (Lipinski definition) is 1. The molecule has 26 heavy (non-hydrogen) atoms. The maximum atomic E-state index is 12.5. The van der Waals surface area contributed by atoms with Crippen LogP contribution in [0.25, 0.3) is 0 Å². The summed E-state index contributed by atoms with van der Waals surface area (Å²) in [6.07, 6.45) is 3.02. The highest BCUT2D eigenvalue weighted by atomic mass is 16.5. The third kappa shape index (κ3) is 5.05. The minimum atomic E-state index is -0.316. The van der Waals surface area contributed by atoms with Gasteiger partial charge in [-0.3, -0.25) is 14.6 Å². The van der Waals surface area contributed by atoms with Crippen LogP contribution in [0.5, 0.6) is 5.75 Å². The lowest BCUT2D eigenvalue weighted by atomic mass is 10.1. The number of amides is 2. The van der Waals surface area contributed by atoms with E-state index in [4.69, 9.17) is 4.74 Å². The Kier molecular flexibility index (Phi) is 6.72. The molecule has 2 rings (SSSR count). The molecule has 0 fully saturated rings. The Morgan fingerprint density at radius 1 is 1.08 bits per heavy atom. The van der Waals surface area contributed by atoms with Gasteiger partial charge in [0.1, 0.15) is 5.75 Å². The molecular weight excluding hydrogens is 330 g/mol. The highest BCUT2D eigenvalue weighted by molar-refractivity contribution is 6.05. The normalized spacial score (nSPS) is 10.5. The van der Waals surface area contributed by atoms with E-state index < -0.39 is 0 Å². The SMILES string of the molecule is CCN(CC)C(=O)c1cncc(C(=O)Nc2ccc(OC(C)C)cc2)c1. The van der Waals surface area contributed by atoms with E-state index >= 15 is 0 Å². The number of pyridine rings is 1. The van der Waals surface area contributed by atoms with Crippen molar-refractivity contribution < 1.29 is 14.3 Å². The zero-order valence-electron chi connectivity index (χ0n) is 15.7. The molecule has 0 atom stereocenters. The Balaban J connectivity index is 2.10. The second-order valence-corrected chi connectivity index (χ2v) is 6.08. The first kappa shape index (κ1) is 19.4. The van der Waals surface area contributed by atoms with Gasteiger partial charge >= 0.3 is 0 Å². The summed E-state index contributed by atoms with van der Waals surface area (Å²) >= 11 is 0. The van der Waals surface area contributed by atoms with Crippen LogP contribution >= 0.6 is 0 Å². The first-order chi connectivity index (χ1) is 12.4. The molecule has 1 aromatic heterocycles. The number of aromatic nitrogens is 1. The smallest absolute Gasteiger partial charge is 0.257 e. The summed E-state index contributed by atoms with van der Waals surface area (Å²) in [6.45, 7) is 8.95. The van der Waals surface area contributed by atoms with E-state index in [2.05, 4.69) is 10.3 Å².